The Balaban J connectivity index is -0.000000546. The summed E-state index contributed by atoms with van der Waals surface area (Å²) in [6, 6.07) is 6.62. The molecule has 0 heterocycles. The number of ketones is 2. The zero-order valence-electron chi connectivity index (χ0n) is 16.3. The van der Waals surface area contributed by atoms with Crippen LogP contribution in [0.5, 0.6) is 0 Å². The molecule has 8 nitrogen and oxygen atoms in total. The first kappa shape index (κ1) is 33.1. The van der Waals surface area contributed by atoms with Crippen LogP contribution in [0.2, 0.25) is 0 Å². The zero-order chi connectivity index (χ0) is 19.4. The van der Waals surface area contributed by atoms with Gasteiger partial charge in [0.25, 0.3) is 0 Å². The molecule has 1 aliphatic rings. The summed E-state index contributed by atoms with van der Waals surface area (Å²) in [6.45, 7) is 3.81. The van der Waals surface area contributed by atoms with E-state index < -0.39 is 24.9 Å². The molecular formula is C16H14Na3O8P. The molecular weight excluding hydrogens is 420 g/mol. The van der Waals surface area contributed by atoms with E-state index in [0.717, 1.165) is 5.57 Å². The average molecular weight is 434 g/mol. The van der Waals surface area contributed by atoms with Gasteiger partial charge in [-0.05, 0) is 27.9 Å². The van der Waals surface area contributed by atoms with Crippen molar-refractivity contribution in [1.82, 2.24) is 0 Å². The van der Waals surface area contributed by atoms with Gasteiger partial charge in [-0.3, -0.25) is 9.59 Å². The minimum atomic E-state index is -5.43. The molecule has 0 aromatic heterocycles. The molecule has 0 unspecified atom stereocenters. The number of Topliss-reactive ketones (excluding diaryl/α,β-unsaturated/α-hetero) is 2. The smallest absolute Gasteiger partial charge is 0.807 e. The second-order valence-corrected chi connectivity index (χ2v) is 6.64. The van der Waals surface area contributed by atoms with E-state index in [2.05, 4.69) is 0 Å². The Kier molecular flexibility index (Phi) is 17.1. The number of benzene rings is 1. The number of fused-ring (bicyclic) bond motifs is 1. The molecule has 12 heteroatoms. The molecule has 0 atom stereocenters. The van der Waals surface area contributed by atoms with Gasteiger partial charge in [-0.2, -0.15) is 0 Å². The maximum absolute atomic E-state index is 11.9. The topological polar surface area (TPSA) is 158 Å². The number of carbonyl (C=O) groups is 3. The van der Waals surface area contributed by atoms with E-state index in [0.29, 0.717) is 5.56 Å². The molecule has 1 aromatic rings. The number of aliphatic hydroxyl groups is 1. The van der Waals surface area contributed by atoms with Crippen LogP contribution < -0.4 is 104 Å². The molecule has 0 radical (unpaired) electrons. The van der Waals surface area contributed by atoms with Crippen LogP contribution >= 0.6 is 7.60 Å². The summed E-state index contributed by atoms with van der Waals surface area (Å²) in [6.07, 6.45) is 2.11. The van der Waals surface area contributed by atoms with Crippen molar-refractivity contribution in [2.45, 2.75) is 20.3 Å². The predicted octanol–water partition coefficient (Wildman–Crippen LogP) is -8.67. The van der Waals surface area contributed by atoms with Crippen molar-refractivity contribution >= 4 is 30.6 Å². The van der Waals surface area contributed by atoms with Crippen molar-refractivity contribution in [3.05, 3.63) is 52.6 Å². The Bertz CT molecular complexity index is 838. The molecule has 1 aromatic carbocycles. The van der Waals surface area contributed by atoms with Crippen molar-refractivity contribution in [3.8, 4) is 0 Å². The van der Waals surface area contributed by atoms with Crippen LogP contribution in [0.1, 0.15) is 36.2 Å². The minimum Gasteiger partial charge on any atom is -0.807 e. The van der Waals surface area contributed by atoms with E-state index in [1.165, 1.54) is 0 Å². The number of rotatable bonds is 3. The maximum Gasteiger partial charge on any atom is 1.00 e. The van der Waals surface area contributed by atoms with E-state index in [-0.39, 0.29) is 112 Å². The average Bonchev–Trinajstić information content (AvgIpc) is 2.52. The number of hydrogen-bond acceptors (Lipinski definition) is 8. The van der Waals surface area contributed by atoms with Gasteiger partial charge in [0, 0.05) is 16.7 Å². The number of allylic oxidation sites excluding steroid dienone is 3. The number of aliphatic hydroxyl groups excluding tert-OH is 1. The van der Waals surface area contributed by atoms with Crippen molar-refractivity contribution in [2.75, 3.05) is 0 Å². The van der Waals surface area contributed by atoms with E-state index in [9.17, 15) is 14.7 Å². The first-order valence-corrected chi connectivity index (χ1v) is 8.48. The predicted molar refractivity (Wildman–Crippen MR) is 82.4 cm³/mol. The van der Waals surface area contributed by atoms with Crippen LogP contribution in [0.25, 0.3) is 5.76 Å². The Morgan fingerprint density at radius 2 is 1.46 bits per heavy atom. The molecule has 0 amide bonds. The third kappa shape index (κ3) is 9.51. The summed E-state index contributed by atoms with van der Waals surface area (Å²) in [5.41, 5.74) is -0.623. The van der Waals surface area contributed by atoms with Crippen molar-refractivity contribution in [3.63, 3.8) is 0 Å². The quantitative estimate of drug-likeness (QED) is 0.213. The third-order valence-corrected chi connectivity index (χ3v) is 3.58. The fourth-order valence-electron chi connectivity index (χ4n) is 1.91. The molecule has 0 saturated heterocycles. The summed E-state index contributed by atoms with van der Waals surface area (Å²) in [4.78, 5) is 51.1. The fraction of sp³-hybridized carbons (Fsp3) is 0.188. The van der Waals surface area contributed by atoms with E-state index in [1.807, 2.05) is 19.9 Å². The number of carbonyl (C=O) groups excluding carboxylic acids is 3. The maximum atomic E-state index is 11.9. The molecule has 0 fully saturated rings. The number of carboxylic acid groups (broad SMARTS) is 1. The third-order valence-electron chi connectivity index (χ3n) is 3.13. The van der Waals surface area contributed by atoms with Gasteiger partial charge in [0.2, 0.25) is 11.6 Å². The summed E-state index contributed by atoms with van der Waals surface area (Å²) in [5.74, 6) is -1.23. The summed E-state index contributed by atoms with van der Waals surface area (Å²) in [5, 5.41) is 19.1. The van der Waals surface area contributed by atoms with Crippen LogP contribution in [-0.2, 0) is 9.36 Å². The summed E-state index contributed by atoms with van der Waals surface area (Å²) < 4.78 is 9.14. The molecule has 0 spiro atoms. The van der Waals surface area contributed by atoms with Crippen LogP contribution in [0, 0.1) is 0 Å². The van der Waals surface area contributed by atoms with Crippen molar-refractivity contribution < 1.29 is 128 Å². The van der Waals surface area contributed by atoms with Crippen molar-refractivity contribution in [2.24, 2.45) is 0 Å². The second-order valence-electron chi connectivity index (χ2n) is 5.28. The van der Waals surface area contributed by atoms with Crippen molar-refractivity contribution in [1.29, 1.82) is 0 Å². The first-order valence-electron chi connectivity index (χ1n) is 6.94. The van der Waals surface area contributed by atoms with Crippen LogP contribution in [0.3, 0.4) is 0 Å². The number of hydrogen-bond donors (Lipinski definition) is 1. The summed E-state index contributed by atoms with van der Waals surface area (Å²) >= 11 is 0. The summed E-state index contributed by atoms with van der Waals surface area (Å²) in [7, 11) is -5.43. The monoisotopic (exact) mass is 434 g/mol. The van der Waals surface area contributed by atoms with E-state index >= 15 is 0 Å². The Labute approximate surface area is 228 Å². The fourth-order valence-corrected chi connectivity index (χ4v) is 1.91. The minimum absolute atomic E-state index is 0. The van der Waals surface area contributed by atoms with Gasteiger partial charge < -0.3 is 29.4 Å². The molecule has 1 N–H and O–H groups in total. The molecule has 28 heavy (non-hydrogen) atoms. The van der Waals surface area contributed by atoms with Gasteiger partial charge in [-0.1, -0.05) is 35.9 Å². The molecule has 1 aliphatic carbocycles. The SMILES string of the molecule is CC(C)=CCC1=C(O)c2ccccc2C(=O)C1=O.O=C([O-])P(=O)([O-])[O-].[Na+].[Na+].[Na+]. The van der Waals surface area contributed by atoms with Gasteiger partial charge in [0.1, 0.15) is 5.76 Å². The van der Waals surface area contributed by atoms with Crippen LogP contribution in [0.4, 0.5) is 4.79 Å². The normalized spacial score (nSPS) is 12.1. The van der Waals surface area contributed by atoms with Crippen LogP contribution in [-0.4, -0.2) is 22.4 Å². The molecule has 134 valence electrons. The van der Waals surface area contributed by atoms with Crippen LogP contribution in [0.15, 0.2) is 41.5 Å². The first-order chi connectivity index (χ1) is 11.5. The van der Waals surface area contributed by atoms with Gasteiger partial charge in [-0.15, -0.1) is 0 Å². The van der Waals surface area contributed by atoms with Gasteiger partial charge in [0.15, 0.2) is 0 Å². The second kappa shape index (κ2) is 14.5. The van der Waals surface area contributed by atoms with E-state index in [4.69, 9.17) is 24.3 Å². The van der Waals surface area contributed by atoms with Gasteiger partial charge in [0.05, 0.1) is 5.71 Å². The molecule has 0 saturated carbocycles. The Morgan fingerprint density at radius 1 is 1.04 bits per heavy atom. The van der Waals surface area contributed by atoms with Gasteiger partial charge in [-0.25, -0.2) is 0 Å². The Hall–Kier alpha value is 0.460. The Morgan fingerprint density at radius 3 is 1.86 bits per heavy atom. The molecule has 0 aliphatic heterocycles. The standard InChI is InChI=1S/C15H14O3.CH3O5P.3Na/c1-9(2)7-8-12-13(16)10-5-3-4-6-11(10)14(17)15(12)18;2-1(3)7(4,5)6;;;/h3-7,16H,8H2,1-2H3;(H,2,3)(H2,4,5,6);;;/q;;3*+1/p-3. The largest absolute Gasteiger partial charge is 1.00 e. The molecule has 2 rings (SSSR count). The van der Waals surface area contributed by atoms with Gasteiger partial charge >= 0.3 is 88.7 Å². The molecule has 0 bridgehead atoms. The zero-order valence-corrected chi connectivity index (χ0v) is 23.2. The van der Waals surface area contributed by atoms with E-state index in [1.54, 1.807) is 24.3 Å².